The topological polar surface area (TPSA) is 26.5 Å². The van der Waals surface area contributed by atoms with Gasteiger partial charge < -0.3 is 10.0 Å². The van der Waals surface area contributed by atoms with Crippen LogP contribution in [0.15, 0.2) is 84.6 Å². The van der Waals surface area contributed by atoms with Crippen LogP contribution < -0.4 is 4.90 Å². The minimum atomic E-state index is -0.0676. The van der Waals surface area contributed by atoms with E-state index in [2.05, 4.69) is 123 Å². The molecule has 0 amide bonds. The first-order valence-corrected chi connectivity index (χ1v) is 12.6. The second-order valence-corrected chi connectivity index (χ2v) is 10.3. The highest BCUT2D eigenvalue weighted by Gasteiger charge is 2.43. The zero-order chi connectivity index (χ0) is 24.3. The first-order valence-electron chi connectivity index (χ1n) is 12.6. The van der Waals surface area contributed by atoms with Crippen LogP contribution >= 0.6 is 0 Å². The molecule has 3 nitrogen and oxygen atoms in total. The lowest BCUT2D eigenvalue weighted by molar-refractivity contribution is -0.437. The van der Waals surface area contributed by atoms with Crippen molar-refractivity contribution in [2.45, 2.75) is 58.3 Å². The molecule has 34 heavy (non-hydrogen) atoms. The second-order valence-electron chi connectivity index (χ2n) is 10.3. The fraction of sp³-hybridized carbons (Fsp3) is 0.387. The summed E-state index contributed by atoms with van der Waals surface area (Å²) in [6, 6.07) is 17.4. The van der Waals surface area contributed by atoms with Crippen molar-refractivity contribution in [3.8, 4) is 0 Å². The summed E-state index contributed by atoms with van der Waals surface area (Å²) in [7, 11) is 0. The molecule has 0 saturated carbocycles. The van der Waals surface area contributed by atoms with Crippen molar-refractivity contribution >= 4 is 17.1 Å². The van der Waals surface area contributed by atoms with Crippen molar-refractivity contribution in [1.82, 2.24) is 0 Å². The van der Waals surface area contributed by atoms with E-state index in [1.165, 1.54) is 33.9 Å². The van der Waals surface area contributed by atoms with E-state index in [0.29, 0.717) is 0 Å². The third-order valence-electron chi connectivity index (χ3n) is 7.32. The molecule has 0 saturated heterocycles. The minimum Gasteiger partial charge on any atom is -0.396 e. The van der Waals surface area contributed by atoms with Crippen LogP contribution in [0.5, 0.6) is 0 Å². The molecule has 0 fully saturated rings. The van der Waals surface area contributed by atoms with E-state index in [4.69, 9.17) is 0 Å². The molecule has 3 heteroatoms. The van der Waals surface area contributed by atoms with Crippen molar-refractivity contribution in [2.24, 2.45) is 0 Å². The molecule has 2 aliphatic rings. The average Bonchev–Trinajstić information content (AvgIpc) is 3.17. The number of allylic oxidation sites excluding steroid dienone is 6. The number of benzene rings is 2. The maximum atomic E-state index is 9.43. The molecule has 2 aromatic carbocycles. The van der Waals surface area contributed by atoms with E-state index in [1.807, 2.05) is 0 Å². The maximum absolute atomic E-state index is 9.43. The van der Waals surface area contributed by atoms with Crippen LogP contribution in [0.3, 0.4) is 0 Å². The molecule has 0 unspecified atom stereocenters. The van der Waals surface area contributed by atoms with Gasteiger partial charge in [-0.25, -0.2) is 0 Å². The normalized spacial score (nSPS) is 19.6. The lowest BCUT2D eigenvalue weighted by atomic mass is 9.81. The summed E-state index contributed by atoms with van der Waals surface area (Å²) in [6.45, 7) is 13.5. The smallest absolute Gasteiger partial charge is 0.209 e. The summed E-state index contributed by atoms with van der Waals surface area (Å²) >= 11 is 0. The lowest BCUT2D eigenvalue weighted by Crippen LogP contribution is -2.27. The molecule has 4 rings (SSSR count). The number of rotatable bonds is 8. The second kappa shape index (κ2) is 9.76. The highest BCUT2D eigenvalue weighted by Crippen LogP contribution is 2.47. The van der Waals surface area contributed by atoms with E-state index in [9.17, 15) is 5.11 Å². The van der Waals surface area contributed by atoms with Crippen molar-refractivity contribution in [1.29, 1.82) is 0 Å². The number of hydrogen-bond acceptors (Lipinski definition) is 2. The Balaban J connectivity index is 1.61. The third-order valence-corrected chi connectivity index (χ3v) is 7.32. The molecule has 2 aromatic rings. The molecule has 1 N–H and O–H groups in total. The van der Waals surface area contributed by atoms with Gasteiger partial charge in [0.05, 0.1) is 5.41 Å². The predicted octanol–water partition coefficient (Wildman–Crippen LogP) is 6.65. The Morgan fingerprint density at radius 1 is 0.882 bits per heavy atom. The predicted molar refractivity (Wildman–Crippen MR) is 144 cm³/mol. The Hall–Kier alpha value is -2.91. The summed E-state index contributed by atoms with van der Waals surface area (Å²) in [4.78, 5) is 2.37. The lowest BCUT2D eigenvalue weighted by Gasteiger charge is -2.26. The molecule has 2 heterocycles. The number of anilines is 1. The highest BCUT2D eigenvalue weighted by molar-refractivity contribution is 6.03. The van der Waals surface area contributed by atoms with Gasteiger partial charge in [-0.3, -0.25) is 0 Å². The number of fused-ring (bicyclic) bond motifs is 2. The van der Waals surface area contributed by atoms with Gasteiger partial charge in [-0.1, -0.05) is 75.4 Å². The highest BCUT2D eigenvalue weighted by atomic mass is 16.3. The molecule has 0 spiro atoms. The average molecular weight is 456 g/mol. The van der Waals surface area contributed by atoms with Crippen molar-refractivity contribution < 1.29 is 9.68 Å². The van der Waals surface area contributed by atoms with Gasteiger partial charge in [0.2, 0.25) is 5.69 Å². The van der Waals surface area contributed by atoms with Crippen molar-refractivity contribution in [2.75, 3.05) is 24.6 Å². The SMILES string of the molecule is CCC[N+]1=C(/C=C/C=C/C=C2/N(CCCO)c3ccccc3C2(C)C)C(C)(C)c2ccccc21. The quantitative estimate of drug-likeness (QED) is 0.356. The molecular weight excluding hydrogens is 416 g/mol. The Bertz CT molecular complexity index is 1160. The monoisotopic (exact) mass is 455 g/mol. The van der Waals surface area contributed by atoms with Gasteiger partial charge >= 0.3 is 0 Å². The Morgan fingerprint density at radius 3 is 2.32 bits per heavy atom. The van der Waals surface area contributed by atoms with E-state index in [-0.39, 0.29) is 17.4 Å². The minimum absolute atomic E-state index is 0.00918. The van der Waals surface area contributed by atoms with Crippen LogP contribution in [0, 0.1) is 0 Å². The number of hydrogen-bond donors (Lipinski definition) is 1. The zero-order valence-electron chi connectivity index (χ0n) is 21.4. The molecular formula is C31H39N2O+. The number of para-hydroxylation sites is 2. The van der Waals surface area contributed by atoms with Gasteiger partial charge in [-0.2, -0.15) is 4.58 Å². The standard InChI is InChI=1S/C31H39N2O/c1-6-21-32-26-17-12-10-15-24(26)30(2,3)28(32)19-8-7-9-20-29-31(4,5)25-16-11-13-18-27(25)33(29)22-14-23-34/h7-13,15-20,34H,6,14,21-23H2,1-5H3/q+1. The van der Waals surface area contributed by atoms with Gasteiger partial charge in [-0.15, -0.1) is 0 Å². The van der Waals surface area contributed by atoms with Crippen LogP contribution in [0.25, 0.3) is 0 Å². The number of aliphatic hydroxyl groups is 1. The summed E-state index contributed by atoms with van der Waals surface area (Å²) < 4.78 is 2.48. The van der Waals surface area contributed by atoms with Gasteiger partial charge in [0.25, 0.3) is 0 Å². The van der Waals surface area contributed by atoms with Gasteiger partial charge in [0.15, 0.2) is 5.71 Å². The van der Waals surface area contributed by atoms with E-state index in [1.54, 1.807) is 0 Å². The van der Waals surface area contributed by atoms with Gasteiger partial charge in [-0.05, 0) is 38.0 Å². The van der Waals surface area contributed by atoms with E-state index in [0.717, 1.165) is 25.9 Å². The summed E-state index contributed by atoms with van der Waals surface area (Å²) in [5.74, 6) is 0. The fourth-order valence-corrected chi connectivity index (χ4v) is 5.57. The number of aliphatic hydroxyl groups excluding tert-OH is 1. The Kier molecular flexibility index (Phi) is 6.95. The summed E-state index contributed by atoms with van der Waals surface area (Å²) in [5, 5.41) is 9.43. The molecule has 0 bridgehead atoms. The maximum Gasteiger partial charge on any atom is 0.209 e. The van der Waals surface area contributed by atoms with E-state index < -0.39 is 0 Å². The molecule has 0 aliphatic carbocycles. The zero-order valence-corrected chi connectivity index (χ0v) is 21.4. The molecule has 0 aromatic heterocycles. The Morgan fingerprint density at radius 2 is 1.59 bits per heavy atom. The van der Waals surface area contributed by atoms with Crippen LogP contribution in [0.2, 0.25) is 0 Å². The van der Waals surface area contributed by atoms with Crippen LogP contribution in [-0.4, -0.2) is 35.1 Å². The molecule has 0 radical (unpaired) electrons. The summed E-state index contributed by atoms with van der Waals surface area (Å²) in [6.07, 6.45) is 12.9. The van der Waals surface area contributed by atoms with Gasteiger partial charge in [0, 0.05) is 54.1 Å². The van der Waals surface area contributed by atoms with Crippen LogP contribution in [-0.2, 0) is 10.8 Å². The fourth-order valence-electron chi connectivity index (χ4n) is 5.57. The molecule has 178 valence electrons. The van der Waals surface area contributed by atoms with Crippen molar-refractivity contribution in [3.63, 3.8) is 0 Å². The van der Waals surface area contributed by atoms with Gasteiger partial charge in [0.1, 0.15) is 6.54 Å². The largest absolute Gasteiger partial charge is 0.396 e. The third kappa shape index (κ3) is 4.18. The number of nitrogens with zero attached hydrogens (tertiary/aromatic N) is 2. The molecule has 2 aliphatic heterocycles. The Labute approximate surface area is 205 Å². The van der Waals surface area contributed by atoms with Crippen LogP contribution in [0.1, 0.15) is 58.6 Å². The molecule has 0 atom stereocenters. The van der Waals surface area contributed by atoms with Crippen molar-refractivity contribution in [3.05, 3.63) is 95.7 Å². The first kappa shape index (κ1) is 24.2. The summed E-state index contributed by atoms with van der Waals surface area (Å²) in [5.41, 5.74) is 7.90. The first-order chi connectivity index (χ1) is 16.3. The van der Waals surface area contributed by atoms with E-state index >= 15 is 0 Å². The van der Waals surface area contributed by atoms with Crippen LogP contribution in [0.4, 0.5) is 11.4 Å².